The Kier molecular flexibility index (Phi) is 10.1. The number of halogens is 1. The van der Waals surface area contributed by atoms with Crippen molar-refractivity contribution in [2.45, 2.75) is 20.3 Å². The van der Waals surface area contributed by atoms with Crippen molar-refractivity contribution in [3.05, 3.63) is 5.15 Å². The van der Waals surface area contributed by atoms with E-state index in [9.17, 15) is 14.2 Å². The van der Waals surface area contributed by atoms with Crippen molar-refractivity contribution in [1.29, 1.82) is 0 Å². The fraction of sp³-hybridized carbons (Fsp3) is 0.538. The number of carbonyl (C=O) groups is 2. The summed E-state index contributed by atoms with van der Waals surface area (Å²) in [6, 6.07) is 0. The second-order valence-corrected chi connectivity index (χ2v) is 7.10. The van der Waals surface area contributed by atoms with Crippen molar-refractivity contribution < 1.29 is 28.0 Å². The van der Waals surface area contributed by atoms with Crippen LogP contribution in [0.1, 0.15) is 20.3 Å². The highest BCUT2D eigenvalue weighted by Crippen LogP contribution is 2.48. The first-order chi connectivity index (χ1) is 12.5. The molecule has 0 aliphatic rings. The van der Waals surface area contributed by atoms with E-state index in [0.717, 1.165) is 0 Å². The highest BCUT2D eigenvalue weighted by molar-refractivity contribution is 7.53. The Hall–Kier alpha value is -1.78. The second kappa shape index (κ2) is 11.8. The first-order valence-corrected chi connectivity index (χ1v) is 9.84. The van der Waals surface area contributed by atoms with Gasteiger partial charge in [0.1, 0.15) is 5.69 Å². The fourth-order valence-corrected chi connectivity index (χ4v) is 3.68. The molecule has 1 aromatic heterocycles. The largest absolute Gasteiger partial charge is 0.330 e. The Bertz CT molecular complexity index is 640. The standard InChI is InChI=1S/C13H21ClN5O6P/c1-3-24-26(22,25-4-2)7-5-6-23-19-12-10(15-8-20)11(14)17-13(18-12)16-9-21/h8-9H,3-7H2,1-2H3,(H,15,20)(H2,16,17,18,19,21). The highest BCUT2D eigenvalue weighted by Gasteiger charge is 2.22. The first kappa shape index (κ1) is 22.3. The Morgan fingerprint density at radius 1 is 1.12 bits per heavy atom. The molecule has 0 aliphatic heterocycles. The van der Waals surface area contributed by atoms with Crippen LogP contribution < -0.4 is 16.1 Å². The zero-order valence-corrected chi connectivity index (χ0v) is 16.0. The van der Waals surface area contributed by atoms with Gasteiger partial charge in [-0.3, -0.25) is 24.3 Å². The van der Waals surface area contributed by atoms with Gasteiger partial charge in [0.2, 0.25) is 18.8 Å². The number of hydrogen-bond acceptors (Lipinski definition) is 9. The normalized spacial score (nSPS) is 11.0. The van der Waals surface area contributed by atoms with E-state index < -0.39 is 7.60 Å². The molecule has 0 fully saturated rings. The zero-order valence-electron chi connectivity index (χ0n) is 14.4. The molecule has 0 atom stereocenters. The van der Waals surface area contributed by atoms with Gasteiger partial charge in [-0.2, -0.15) is 9.97 Å². The summed E-state index contributed by atoms with van der Waals surface area (Å²) < 4.78 is 22.6. The number of hydrogen-bond donors (Lipinski definition) is 3. The molecule has 3 N–H and O–H groups in total. The molecule has 0 aromatic carbocycles. The summed E-state index contributed by atoms with van der Waals surface area (Å²) in [5.41, 5.74) is 2.58. The van der Waals surface area contributed by atoms with Crippen LogP contribution in [0.3, 0.4) is 0 Å². The van der Waals surface area contributed by atoms with Gasteiger partial charge in [0.25, 0.3) is 0 Å². The lowest BCUT2D eigenvalue weighted by Crippen LogP contribution is -2.12. The summed E-state index contributed by atoms with van der Waals surface area (Å²) in [5, 5.41) is 4.47. The third kappa shape index (κ3) is 7.22. The number of aromatic nitrogens is 2. The van der Waals surface area contributed by atoms with Gasteiger partial charge in [-0.1, -0.05) is 11.6 Å². The van der Waals surface area contributed by atoms with E-state index in [1.54, 1.807) is 13.8 Å². The van der Waals surface area contributed by atoms with Crippen molar-refractivity contribution in [1.82, 2.24) is 9.97 Å². The molecule has 1 heterocycles. The Morgan fingerprint density at radius 3 is 2.35 bits per heavy atom. The SMILES string of the molecule is CCOP(=O)(CCCONc1nc(NC=O)nc(Cl)c1NC=O)OCC. The first-order valence-electron chi connectivity index (χ1n) is 7.73. The zero-order chi connectivity index (χ0) is 19.4. The molecule has 0 radical (unpaired) electrons. The predicted octanol–water partition coefficient (Wildman–Crippen LogP) is 2.27. The number of nitrogens with zero attached hydrogens (tertiary/aromatic N) is 2. The highest BCUT2D eigenvalue weighted by atomic mass is 35.5. The topological polar surface area (TPSA) is 141 Å². The summed E-state index contributed by atoms with van der Waals surface area (Å²) in [5.74, 6) is -0.0380. The van der Waals surface area contributed by atoms with Gasteiger partial charge >= 0.3 is 7.60 Å². The van der Waals surface area contributed by atoms with E-state index >= 15 is 0 Å². The van der Waals surface area contributed by atoms with Crippen LogP contribution in [0.25, 0.3) is 0 Å². The average Bonchev–Trinajstić information content (AvgIpc) is 2.58. The number of rotatable bonds is 14. The van der Waals surface area contributed by atoms with Gasteiger partial charge in [-0.15, -0.1) is 0 Å². The maximum atomic E-state index is 12.3. The molecular formula is C13H21ClN5O6P. The third-order valence-corrected chi connectivity index (χ3v) is 5.20. The number of nitrogens with one attached hydrogen (secondary N) is 3. The molecule has 0 spiro atoms. The van der Waals surface area contributed by atoms with E-state index in [1.807, 2.05) is 0 Å². The molecule has 0 aliphatic carbocycles. The number of carbonyl (C=O) groups excluding carboxylic acids is 2. The Morgan fingerprint density at radius 2 is 1.77 bits per heavy atom. The van der Waals surface area contributed by atoms with Gasteiger partial charge in [-0.05, 0) is 20.3 Å². The van der Waals surface area contributed by atoms with Crippen molar-refractivity contribution in [3.63, 3.8) is 0 Å². The fourth-order valence-electron chi connectivity index (χ4n) is 1.82. The van der Waals surface area contributed by atoms with Crippen molar-refractivity contribution in [2.24, 2.45) is 0 Å². The van der Waals surface area contributed by atoms with E-state index in [1.165, 1.54) is 0 Å². The smallest absolute Gasteiger partial charge is 0.323 e. The van der Waals surface area contributed by atoms with Crippen LogP contribution in [-0.4, -0.2) is 48.8 Å². The van der Waals surface area contributed by atoms with Crippen molar-refractivity contribution in [3.8, 4) is 0 Å². The van der Waals surface area contributed by atoms with Crippen LogP contribution in [-0.2, 0) is 28.0 Å². The molecular weight excluding hydrogens is 389 g/mol. The summed E-state index contributed by atoms with van der Waals surface area (Å²) in [7, 11) is -3.14. The maximum absolute atomic E-state index is 12.3. The molecule has 1 rings (SSSR count). The van der Waals surface area contributed by atoms with Gasteiger partial charge < -0.3 is 14.4 Å². The molecule has 146 valence electrons. The maximum Gasteiger partial charge on any atom is 0.330 e. The lowest BCUT2D eigenvalue weighted by molar-refractivity contribution is -0.106. The van der Waals surface area contributed by atoms with Crippen LogP contribution in [0.5, 0.6) is 0 Å². The van der Waals surface area contributed by atoms with E-state index in [0.29, 0.717) is 19.2 Å². The molecule has 26 heavy (non-hydrogen) atoms. The van der Waals surface area contributed by atoms with Gasteiger partial charge in [0.15, 0.2) is 11.0 Å². The van der Waals surface area contributed by atoms with Crippen molar-refractivity contribution in [2.75, 3.05) is 42.1 Å². The molecule has 11 nitrogen and oxygen atoms in total. The lowest BCUT2D eigenvalue weighted by Gasteiger charge is -2.17. The molecule has 13 heteroatoms. The van der Waals surface area contributed by atoms with Crippen LogP contribution in [0, 0.1) is 0 Å². The van der Waals surface area contributed by atoms with Gasteiger partial charge in [0, 0.05) is 0 Å². The third-order valence-electron chi connectivity index (χ3n) is 2.75. The lowest BCUT2D eigenvalue weighted by atomic mass is 10.5. The van der Waals surface area contributed by atoms with Gasteiger partial charge in [-0.25, -0.2) is 5.48 Å². The van der Waals surface area contributed by atoms with E-state index in [-0.39, 0.29) is 48.6 Å². The molecule has 2 amide bonds. The molecule has 1 aromatic rings. The van der Waals surface area contributed by atoms with Crippen LogP contribution >= 0.6 is 19.2 Å². The molecule has 0 saturated heterocycles. The Labute approximate surface area is 155 Å². The summed E-state index contributed by atoms with van der Waals surface area (Å²) in [6.07, 6.45) is 1.32. The van der Waals surface area contributed by atoms with E-state index in [2.05, 4.69) is 26.1 Å². The number of anilines is 3. The monoisotopic (exact) mass is 409 g/mol. The summed E-state index contributed by atoms with van der Waals surface area (Å²) >= 11 is 5.92. The van der Waals surface area contributed by atoms with Gasteiger partial charge in [0.05, 0.1) is 26.0 Å². The molecule has 0 unspecified atom stereocenters. The minimum absolute atomic E-state index is 0.0410. The van der Waals surface area contributed by atoms with Crippen LogP contribution in [0.15, 0.2) is 0 Å². The molecule has 0 saturated carbocycles. The number of amides is 2. The van der Waals surface area contributed by atoms with E-state index in [4.69, 9.17) is 25.5 Å². The predicted molar refractivity (Wildman–Crippen MR) is 96.3 cm³/mol. The molecule has 0 bridgehead atoms. The van der Waals surface area contributed by atoms with Crippen molar-refractivity contribution >= 4 is 49.5 Å². The summed E-state index contributed by atoms with van der Waals surface area (Å²) in [6.45, 7) is 4.17. The minimum Gasteiger partial charge on any atom is -0.323 e. The minimum atomic E-state index is -3.14. The average molecular weight is 410 g/mol. The van der Waals surface area contributed by atoms with Crippen LogP contribution in [0.2, 0.25) is 5.15 Å². The quantitative estimate of drug-likeness (QED) is 0.139. The van der Waals surface area contributed by atoms with Crippen LogP contribution in [0.4, 0.5) is 17.5 Å². The summed E-state index contributed by atoms with van der Waals surface area (Å²) in [4.78, 5) is 34.1. The Balaban J connectivity index is 2.64. The second-order valence-electron chi connectivity index (χ2n) is 4.56.